The van der Waals surface area contributed by atoms with Gasteiger partial charge in [0.15, 0.2) is 0 Å². The van der Waals surface area contributed by atoms with E-state index in [-0.39, 0.29) is 0 Å². The monoisotopic (exact) mass is 311 g/mol. The number of halogens is 1. The Morgan fingerprint density at radius 2 is 1.89 bits per heavy atom. The molecule has 2 heteroatoms. The normalized spacial score (nSPS) is 13.0. The van der Waals surface area contributed by atoms with Crippen molar-refractivity contribution < 1.29 is 0 Å². The summed E-state index contributed by atoms with van der Waals surface area (Å²) in [5.41, 5.74) is 2.74. The molecule has 0 aliphatic carbocycles. The minimum absolute atomic E-state index is 0.489. The second kappa shape index (κ2) is 7.96. The lowest BCUT2D eigenvalue weighted by Gasteiger charge is -2.21. The Hall–Kier alpha value is -0.340. The van der Waals surface area contributed by atoms with Gasteiger partial charge in [0.25, 0.3) is 0 Å². The maximum absolute atomic E-state index is 3.67. The zero-order chi connectivity index (χ0) is 13.5. The standard InChI is InChI=1S/C16H26BrN/c1-5-8-18-16(7-6-12(2)3)14-9-13(4)10-15(17)11-14/h9-12,16,18H,5-8H2,1-4H3. The second-order valence-corrected chi connectivity index (χ2v) is 6.46. The number of aryl methyl sites for hydroxylation is 1. The van der Waals surface area contributed by atoms with E-state index in [0.717, 1.165) is 12.5 Å². The van der Waals surface area contributed by atoms with E-state index in [1.807, 2.05) is 0 Å². The summed E-state index contributed by atoms with van der Waals surface area (Å²) in [7, 11) is 0. The molecule has 1 rings (SSSR count). The molecule has 0 heterocycles. The van der Waals surface area contributed by atoms with Crippen molar-refractivity contribution in [3.05, 3.63) is 33.8 Å². The number of hydrogen-bond donors (Lipinski definition) is 1. The second-order valence-electron chi connectivity index (χ2n) is 5.54. The van der Waals surface area contributed by atoms with Gasteiger partial charge in [-0.1, -0.05) is 42.8 Å². The van der Waals surface area contributed by atoms with Crippen LogP contribution in [0.3, 0.4) is 0 Å². The van der Waals surface area contributed by atoms with Crippen LogP contribution in [-0.4, -0.2) is 6.54 Å². The lowest BCUT2D eigenvalue weighted by Crippen LogP contribution is -2.22. The fraction of sp³-hybridized carbons (Fsp3) is 0.625. The van der Waals surface area contributed by atoms with E-state index in [4.69, 9.17) is 0 Å². The Bertz CT molecular complexity index is 340. The predicted octanol–water partition coefficient (Wildman–Crippen LogP) is 5.23. The number of benzene rings is 1. The summed E-state index contributed by atoms with van der Waals surface area (Å²) in [5.74, 6) is 0.768. The molecule has 0 radical (unpaired) electrons. The van der Waals surface area contributed by atoms with Crippen molar-refractivity contribution >= 4 is 15.9 Å². The Labute approximate surface area is 120 Å². The van der Waals surface area contributed by atoms with E-state index < -0.39 is 0 Å². The van der Waals surface area contributed by atoms with Crippen LogP contribution in [0.2, 0.25) is 0 Å². The van der Waals surface area contributed by atoms with Gasteiger partial charge < -0.3 is 5.32 Å². The van der Waals surface area contributed by atoms with E-state index in [9.17, 15) is 0 Å². The molecule has 0 spiro atoms. The van der Waals surface area contributed by atoms with Crippen LogP contribution in [0, 0.1) is 12.8 Å². The lowest BCUT2D eigenvalue weighted by atomic mass is 9.96. The summed E-state index contributed by atoms with van der Waals surface area (Å²) in [6.07, 6.45) is 3.67. The third-order valence-electron chi connectivity index (χ3n) is 3.14. The van der Waals surface area contributed by atoms with Crippen LogP contribution in [0.5, 0.6) is 0 Å². The Morgan fingerprint density at radius 1 is 1.17 bits per heavy atom. The zero-order valence-corrected chi connectivity index (χ0v) is 13.7. The van der Waals surface area contributed by atoms with Crippen LogP contribution in [-0.2, 0) is 0 Å². The van der Waals surface area contributed by atoms with Crippen molar-refractivity contribution in [3.8, 4) is 0 Å². The fourth-order valence-electron chi connectivity index (χ4n) is 2.17. The Morgan fingerprint density at radius 3 is 2.44 bits per heavy atom. The molecule has 102 valence electrons. The van der Waals surface area contributed by atoms with Gasteiger partial charge in [-0.15, -0.1) is 0 Å². The summed E-state index contributed by atoms with van der Waals surface area (Å²) in [5, 5.41) is 3.67. The molecular weight excluding hydrogens is 286 g/mol. The minimum Gasteiger partial charge on any atom is -0.310 e. The first-order valence-corrected chi connectivity index (χ1v) is 7.82. The molecule has 0 aliphatic rings. The molecule has 0 bridgehead atoms. The first-order valence-electron chi connectivity index (χ1n) is 7.03. The van der Waals surface area contributed by atoms with Gasteiger partial charge in [-0.05, 0) is 61.9 Å². The van der Waals surface area contributed by atoms with Crippen LogP contribution in [0.15, 0.2) is 22.7 Å². The van der Waals surface area contributed by atoms with Crippen LogP contribution in [0.25, 0.3) is 0 Å². The van der Waals surface area contributed by atoms with Crippen LogP contribution in [0.4, 0.5) is 0 Å². The summed E-state index contributed by atoms with van der Waals surface area (Å²) < 4.78 is 1.19. The summed E-state index contributed by atoms with van der Waals surface area (Å²) in [6.45, 7) is 10.1. The highest BCUT2D eigenvalue weighted by atomic mass is 79.9. The Kier molecular flexibility index (Phi) is 6.95. The third kappa shape index (κ3) is 5.53. The molecule has 0 amide bonds. The summed E-state index contributed by atoms with van der Waals surface area (Å²) in [6, 6.07) is 7.21. The van der Waals surface area contributed by atoms with Gasteiger partial charge in [0.1, 0.15) is 0 Å². The Balaban J connectivity index is 2.79. The highest BCUT2D eigenvalue weighted by Crippen LogP contribution is 2.25. The molecule has 18 heavy (non-hydrogen) atoms. The van der Waals surface area contributed by atoms with Gasteiger partial charge in [0, 0.05) is 10.5 Å². The quantitative estimate of drug-likeness (QED) is 0.726. The molecule has 0 saturated heterocycles. The van der Waals surface area contributed by atoms with Gasteiger partial charge in [0.05, 0.1) is 0 Å². The minimum atomic E-state index is 0.489. The van der Waals surface area contributed by atoms with E-state index >= 15 is 0 Å². The average molecular weight is 312 g/mol. The third-order valence-corrected chi connectivity index (χ3v) is 3.60. The van der Waals surface area contributed by atoms with Crippen molar-refractivity contribution in [3.63, 3.8) is 0 Å². The molecule has 1 atom stereocenters. The topological polar surface area (TPSA) is 12.0 Å². The van der Waals surface area contributed by atoms with Crippen molar-refractivity contribution in [2.24, 2.45) is 5.92 Å². The predicted molar refractivity (Wildman–Crippen MR) is 84.0 cm³/mol. The molecular formula is C16H26BrN. The first-order chi connectivity index (χ1) is 8.52. The zero-order valence-electron chi connectivity index (χ0n) is 12.1. The molecule has 0 saturated carbocycles. The van der Waals surface area contributed by atoms with Gasteiger partial charge in [-0.2, -0.15) is 0 Å². The molecule has 1 aromatic rings. The molecule has 1 N–H and O–H groups in total. The maximum atomic E-state index is 3.67. The fourth-order valence-corrected chi connectivity index (χ4v) is 2.80. The summed E-state index contributed by atoms with van der Waals surface area (Å²) in [4.78, 5) is 0. The molecule has 1 unspecified atom stereocenters. The SMILES string of the molecule is CCCNC(CCC(C)C)c1cc(C)cc(Br)c1. The molecule has 0 aliphatic heterocycles. The lowest BCUT2D eigenvalue weighted by molar-refractivity contribution is 0.440. The van der Waals surface area contributed by atoms with Crippen molar-refractivity contribution in [1.82, 2.24) is 5.32 Å². The van der Waals surface area contributed by atoms with E-state index in [1.54, 1.807) is 0 Å². The number of hydrogen-bond acceptors (Lipinski definition) is 1. The van der Waals surface area contributed by atoms with Gasteiger partial charge >= 0.3 is 0 Å². The summed E-state index contributed by atoms with van der Waals surface area (Å²) >= 11 is 3.60. The number of nitrogens with one attached hydrogen (secondary N) is 1. The van der Waals surface area contributed by atoms with Gasteiger partial charge in [0.2, 0.25) is 0 Å². The first kappa shape index (κ1) is 15.7. The van der Waals surface area contributed by atoms with Crippen molar-refractivity contribution in [2.75, 3.05) is 6.54 Å². The van der Waals surface area contributed by atoms with Crippen LogP contribution >= 0.6 is 15.9 Å². The maximum Gasteiger partial charge on any atom is 0.0320 e. The highest BCUT2D eigenvalue weighted by molar-refractivity contribution is 9.10. The van der Waals surface area contributed by atoms with E-state index in [0.29, 0.717) is 6.04 Å². The molecule has 1 nitrogen and oxygen atoms in total. The molecule has 1 aromatic carbocycles. The molecule has 0 fully saturated rings. The highest BCUT2D eigenvalue weighted by Gasteiger charge is 2.12. The van der Waals surface area contributed by atoms with Gasteiger partial charge in [-0.25, -0.2) is 0 Å². The molecule has 0 aromatic heterocycles. The van der Waals surface area contributed by atoms with Crippen LogP contribution in [0.1, 0.15) is 57.2 Å². The smallest absolute Gasteiger partial charge is 0.0320 e. The van der Waals surface area contributed by atoms with Gasteiger partial charge in [-0.3, -0.25) is 0 Å². The number of rotatable bonds is 7. The van der Waals surface area contributed by atoms with E-state index in [2.05, 4.69) is 67.1 Å². The van der Waals surface area contributed by atoms with Crippen molar-refractivity contribution in [2.45, 2.75) is 53.0 Å². The largest absolute Gasteiger partial charge is 0.310 e. The average Bonchev–Trinajstić information content (AvgIpc) is 2.27. The van der Waals surface area contributed by atoms with Crippen molar-refractivity contribution in [1.29, 1.82) is 0 Å². The van der Waals surface area contributed by atoms with E-state index in [1.165, 1.54) is 34.9 Å². The van der Waals surface area contributed by atoms with Crippen LogP contribution < -0.4 is 5.32 Å².